The third-order valence-corrected chi connectivity index (χ3v) is 7.52. The fraction of sp³-hybridized carbons (Fsp3) is 0.333. The molecule has 7 heteroatoms. The predicted octanol–water partition coefficient (Wildman–Crippen LogP) is 3.89. The Morgan fingerprint density at radius 3 is 2.38 bits per heavy atom. The van der Waals surface area contributed by atoms with Crippen LogP contribution in [0.1, 0.15) is 45.7 Å². The number of rotatable bonds is 5. The van der Waals surface area contributed by atoms with Gasteiger partial charge in [0.2, 0.25) is 0 Å². The lowest BCUT2D eigenvalue weighted by Crippen LogP contribution is -2.50. The Hall–Kier alpha value is -3.58. The molecule has 0 aliphatic carbocycles. The van der Waals surface area contributed by atoms with E-state index in [1.54, 1.807) is 31.4 Å². The van der Waals surface area contributed by atoms with Crippen LogP contribution in [0.3, 0.4) is 0 Å². The van der Waals surface area contributed by atoms with Crippen LogP contribution in [0.4, 0.5) is 5.69 Å². The highest BCUT2D eigenvalue weighted by Gasteiger charge is 2.41. The van der Waals surface area contributed by atoms with E-state index < -0.39 is 0 Å². The lowest BCUT2D eigenvalue weighted by Gasteiger charge is -2.46. The van der Waals surface area contributed by atoms with Gasteiger partial charge in [0.25, 0.3) is 11.8 Å². The van der Waals surface area contributed by atoms with Gasteiger partial charge >= 0.3 is 0 Å². The van der Waals surface area contributed by atoms with E-state index in [0.717, 1.165) is 56.0 Å². The number of ether oxygens (including phenoxy) is 1. The van der Waals surface area contributed by atoms with Crippen molar-refractivity contribution >= 4 is 17.5 Å². The molecule has 1 fully saturated rings. The molecule has 0 unspecified atom stereocenters. The highest BCUT2D eigenvalue weighted by atomic mass is 16.5. The van der Waals surface area contributed by atoms with E-state index in [1.165, 1.54) is 10.6 Å². The zero-order valence-corrected chi connectivity index (χ0v) is 19.3. The number of nitrogens with zero attached hydrogens (tertiary/aromatic N) is 3. The Morgan fingerprint density at radius 1 is 0.941 bits per heavy atom. The van der Waals surface area contributed by atoms with Crippen molar-refractivity contribution in [2.75, 3.05) is 38.6 Å². The van der Waals surface area contributed by atoms with Crippen molar-refractivity contribution in [1.29, 1.82) is 0 Å². The van der Waals surface area contributed by atoms with Gasteiger partial charge in [0, 0.05) is 37.6 Å². The fourth-order valence-electron chi connectivity index (χ4n) is 5.69. The van der Waals surface area contributed by atoms with Gasteiger partial charge in [-0.3, -0.25) is 14.5 Å². The number of benzene rings is 2. The Labute approximate surface area is 198 Å². The minimum atomic E-state index is -0.167. The van der Waals surface area contributed by atoms with Crippen molar-refractivity contribution in [2.45, 2.75) is 24.8 Å². The summed E-state index contributed by atoms with van der Waals surface area (Å²) in [6.45, 7) is 3.25. The number of fused-ring (bicyclic) bond motifs is 5. The van der Waals surface area contributed by atoms with E-state index in [0.29, 0.717) is 17.7 Å². The summed E-state index contributed by atoms with van der Waals surface area (Å²) < 4.78 is 7.75. The molecule has 2 amide bonds. The van der Waals surface area contributed by atoms with E-state index in [1.807, 2.05) is 6.07 Å². The van der Waals surface area contributed by atoms with E-state index in [4.69, 9.17) is 4.74 Å². The molecule has 3 aromatic rings. The largest absolute Gasteiger partial charge is 0.497 e. The number of piperidine rings is 1. The van der Waals surface area contributed by atoms with E-state index in [2.05, 4.69) is 45.2 Å². The van der Waals surface area contributed by atoms with Crippen molar-refractivity contribution in [3.05, 3.63) is 77.6 Å². The summed E-state index contributed by atoms with van der Waals surface area (Å²) in [6, 6.07) is 17.6. The van der Waals surface area contributed by atoms with Crippen LogP contribution in [0.2, 0.25) is 0 Å². The molecule has 0 radical (unpaired) electrons. The molecule has 3 aliphatic rings. The van der Waals surface area contributed by atoms with Crippen LogP contribution in [-0.4, -0.2) is 59.5 Å². The Balaban J connectivity index is 1.10. The number of hydrogen-bond donors (Lipinski definition) is 1. The highest BCUT2D eigenvalue weighted by molar-refractivity contribution is 6.21. The minimum absolute atomic E-state index is 0.109. The second kappa shape index (κ2) is 8.02. The smallest absolute Gasteiger partial charge is 0.261 e. The van der Waals surface area contributed by atoms with E-state index in [-0.39, 0.29) is 17.4 Å². The van der Waals surface area contributed by atoms with Crippen molar-refractivity contribution in [1.82, 2.24) is 14.4 Å². The maximum Gasteiger partial charge on any atom is 0.261 e. The van der Waals surface area contributed by atoms with Crippen molar-refractivity contribution in [2.24, 2.45) is 0 Å². The summed E-state index contributed by atoms with van der Waals surface area (Å²) in [5.74, 6) is 0.515. The van der Waals surface area contributed by atoms with Gasteiger partial charge in [-0.05, 0) is 62.2 Å². The standard InChI is InChI=1S/C27H28N4O3/c1-34-19-9-10-23-22(18-19)28-27(24-8-4-14-30(23)24)11-16-29(17-12-27)13-5-15-31-25(32)20-6-2-3-7-21(20)26(31)33/h2-4,6-10,14,18,28H,5,11-13,15-17H2,1H3. The molecule has 0 atom stereocenters. The number of hydrogen-bond acceptors (Lipinski definition) is 5. The van der Waals surface area contributed by atoms with Crippen LogP contribution in [-0.2, 0) is 5.54 Å². The monoisotopic (exact) mass is 456 g/mol. The molecule has 1 aromatic heterocycles. The minimum Gasteiger partial charge on any atom is -0.497 e. The molecular weight excluding hydrogens is 428 g/mol. The molecule has 1 saturated heterocycles. The summed E-state index contributed by atoms with van der Waals surface area (Å²) in [4.78, 5) is 29.0. The van der Waals surface area contributed by atoms with Gasteiger partial charge in [-0.2, -0.15) is 0 Å². The zero-order valence-electron chi connectivity index (χ0n) is 19.3. The molecule has 174 valence electrons. The maximum absolute atomic E-state index is 12.6. The number of imide groups is 1. The first kappa shape index (κ1) is 21.0. The number of carbonyl (C=O) groups is 2. The molecule has 3 aliphatic heterocycles. The van der Waals surface area contributed by atoms with E-state index in [9.17, 15) is 9.59 Å². The number of amides is 2. The van der Waals surface area contributed by atoms with Crippen molar-refractivity contribution in [3.8, 4) is 11.4 Å². The lowest BCUT2D eigenvalue weighted by molar-refractivity contribution is 0.0644. The summed E-state index contributed by atoms with van der Waals surface area (Å²) in [6.07, 6.45) is 4.89. The van der Waals surface area contributed by atoms with Crippen LogP contribution in [0.15, 0.2) is 60.8 Å². The molecule has 1 spiro atoms. The average molecular weight is 457 g/mol. The third kappa shape index (κ3) is 3.22. The topological polar surface area (TPSA) is 66.8 Å². The second-order valence-corrected chi connectivity index (χ2v) is 9.36. The average Bonchev–Trinajstić information content (AvgIpc) is 3.46. The second-order valence-electron chi connectivity index (χ2n) is 9.36. The Bertz CT molecular complexity index is 1240. The van der Waals surface area contributed by atoms with Crippen molar-refractivity contribution in [3.63, 3.8) is 0 Å². The van der Waals surface area contributed by atoms with Crippen LogP contribution < -0.4 is 10.1 Å². The normalized spacial score (nSPS) is 18.4. The van der Waals surface area contributed by atoms with Crippen LogP contribution in [0, 0.1) is 0 Å². The SMILES string of the molecule is COc1ccc2c(c1)NC1(CCN(CCCN3C(=O)c4ccccc4C3=O)CC1)c1cccn1-2. The van der Waals surface area contributed by atoms with Gasteiger partial charge in [0.05, 0.1) is 35.2 Å². The van der Waals surface area contributed by atoms with E-state index >= 15 is 0 Å². The fourth-order valence-corrected chi connectivity index (χ4v) is 5.69. The molecule has 0 saturated carbocycles. The molecule has 2 aromatic carbocycles. The summed E-state index contributed by atoms with van der Waals surface area (Å²) in [5.41, 5.74) is 4.49. The maximum atomic E-state index is 12.6. The Morgan fingerprint density at radius 2 is 1.68 bits per heavy atom. The van der Waals surface area contributed by atoms with Gasteiger partial charge in [-0.25, -0.2) is 0 Å². The predicted molar refractivity (Wildman–Crippen MR) is 130 cm³/mol. The quantitative estimate of drug-likeness (QED) is 0.590. The summed E-state index contributed by atoms with van der Waals surface area (Å²) in [5, 5.41) is 3.85. The number of aromatic nitrogens is 1. The highest BCUT2D eigenvalue weighted by Crippen LogP contribution is 2.44. The zero-order chi connectivity index (χ0) is 23.3. The van der Waals surface area contributed by atoms with Gasteiger partial charge in [-0.15, -0.1) is 0 Å². The number of carbonyl (C=O) groups excluding carboxylic acids is 2. The Kier molecular flexibility index (Phi) is 4.95. The first-order valence-electron chi connectivity index (χ1n) is 11.9. The first-order chi connectivity index (χ1) is 16.6. The molecule has 0 bridgehead atoms. The molecule has 34 heavy (non-hydrogen) atoms. The molecule has 1 N–H and O–H groups in total. The van der Waals surface area contributed by atoms with Crippen molar-refractivity contribution < 1.29 is 14.3 Å². The third-order valence-electron chi connectivity index (χ3n) is 7.52. The number of anilines is 1. The van der Waals surface area contributed by atoms with Gasteiger partial charge in [0.15, 0.2) is 0 Å². The molecule has 4 heterocycles. The van der Waals surface area contributed by atoms with Crippen LogP contribution >= 0.6 is 0 Å². The molecule has 6 rings (SSSR count). The van der Waals surface area contributed by atoms with Gasteiger partial charge in [0.1, 0.15) is 5.75 Å². The number of likely N-dealkylation sites (tertiary alicyclic amines) is 1. The first-order valence-corrected chi connectivity index (χ1v) is 11.9. The van der Waals surface area contributed by atoms with Crippen LogP contribution in [0.5, 0.6) is 5.75 Å². The number of methoxy groups -OCH3 is 1. The summed E-state index contributed by atoms with van der Waals surface area (Å²) in [7, 11) is 1.70. The number of nitrogens with one attached hydrogen (secondary N) is 1. The van der Waals surface area contributed by atoms with Gasteiger partial charge in [-0.1, -0.05) is 12.1 Å². The summed E-state index contributed by atoms with van der Waals surface area (Å²) >= 11 is 0. The van der Waals surface area contributed by atoms with Gasteiger partial charge < -0.3 is 19.5 Å². The molecular formula is C27H28N4O3. The lowest BCUT2D eigenvalue weighted by atomic mass is 9.82. The molecule has 7 nitrogen and oxygen atoms in total. The van der Waals surface area contributed by atoms with Crippen LogP contribution in [0.25, 0.3) is 5.69 Å².